The first-order chi connectivity index (χ1) is 8.00. The van der Waals surface area contributed by atoms with Gasteiger partial charge in [0.05, 0.1) is 0 Å². The summed E-state index contributed by atoms with van der Waals surface area (Å²) in [5.41, 5.74) is 0.114. The summed E-state index contributed by atoms with van der Waals surface area (Å²) in [7, 11) is 0. The molecule has 17 heavy (non-hydrogen) atoms. The van der Waals surface area contributed by atoms with Crippen LogP contribution in [0.5, 0.6) is 0 Å². The third-order valence-corrected chi connectivity index (χ3v) is 3.58. The average Bonchev–Trinajstić information content (AvgIpc) is 2.64. The highest BCUT2D eigenvalue weighted by Crippen LogP contribution is 2.31. The van der Waals surface area contributed by atoms with E-state index in [1.165, 1.54) is 6.08 Å². The largest absolute Gasteiger partial charge is 0.374 e. The van der Waals surface area contributed by atoms with Gasteiger partial charge in [-0.05, 0) is 19.3 Å². The fourth-order valence-corrected chi connectivity index (χ4v) is 2.55. The maximum absolute atomic E-state index is 13.3. The smallest absolute Gasteiger partial charge is 0.178 e. The summed E-state index contributed by atoms with van der Waals surface area (Å²) in [5.74, 6) is 0. The third-order valence-electron chi connectivity index (χ3n) is 3.58. The van der Waals surface area contributed by atoms with Gasteiger partial charge in [-0.1, -0.05) is 6.08 Å². The van der Waals surface area contributed by atoms with E-state index in [1.54, 1.807) is 4.90 Å². The molecule has 1 fully saturated rings. The first-order valence-corrected chi connectivity index (χ1v) is 5.78. The molecule has 0 aromatic heterocycles. The minimum atomic E-state index is -1.70. The average molecular weight is 249 g/mol. The monoisotopic (exact) mass is 249 g/mol. The summed E-state index contributed by atoms with van der Waals surface area (Å²) in [6.45, 7) is 0.336. The number of aliphatic hydroxyl groups excluding tert-OH is 2. The molecule has 0 radical (unpaired) electrons. The second-order valence-electron chi connectivity index (χ2n) is 4.65. The zero-order valence-corrected chi connectivity index (χ0v) is 9.34. The molecule has 1 heterocycles. The zero-order chi connectivity index (χ0) is 12.6. The summed E-state index contributed by atoms with van der Waals surface area (Å²) in [6.07, 6.45) is -3.54. The topological polar surface area (TPSA) is 63.9 Å². The van der Waals surface area contributed by atoms with E-state index in [2.05, 4.69) is 0 Å². The molecule has 0 saturated heterocycles. The lowest BCUT2D eigenvalue weighted by molar-refractivity contribution is -0.0603. The minimum Gasteiger partial charge on any atom is -0.374 e. The second kappa shape index (κ2) is 4.97. The number of alkyl halides is 2. The van der Waals surface area contributed by atoms with E-state index in [0.717, 1.165) is 0 Å². The van der Waals surface area contributed by atoms with E-state index >= 15 is 0 Å². The van der Waals surface area contributed by atoms with Gasteiger partial charge in [0, 0.05) is 18.2 Å². The molecule has 3 N–H and O–H groups in total. The van der Waals surface area contributed by atoms with Gasteiger partial charge in [0.25, 0.3) is 0 Å². The molecule has 2 aliphatic rings. The van der Waals surface area contributed by atoms with Crippen molar-refractivity contribution < 1.29 is 24.1 Å². The predicted molar refractivity (Wildman–Crippen MR) is 56.5 cm³/mol. The fourth-order valence-electron chi connectivity index (χ4n) is 2.55. The van der Waals surface area contributed by atoms with Gasteiger partial charge < -0.3 is 15.3 Å². The van der Waals surface area contributed by atoms with Crippen LogP contribution in [0, 0.1) is 0 Å². The van der Waals surface area contributed by atoms with Crippen molar-refractivity contribution in [1.82, 2.24) is 4.90 Å². The van der Waals surface area contributed by atoms with Gasteiger partial charge in [0.1, 0.15) is 18.6 Å². The van der Waals surface area contributed by atoms with E-state index in [9.17, 15) is 13.9 Å². The molecule has 0 aromatic carbocycles. The highest BCUT2D eigenvalue weighted by atomic mass is 19.2. The number of halogens is 2. The van der Waals surface area contributed by atoms with Crippen molar-refractivity contribution in [3.8, 4) is 0 Å². The SMILES string of the molecule is OC(O)C1=CCN(C2CCC(F)C(F)C2)C1O. The van der Waals surface area contributed by atoms with Crippen LogP contribution >= 0.6 is 0 Å². The van der Waals surface area contributed by atoms with Gasteiger partial charge in [-0.2, -0.15) is 0 Å². The third kappa shape index (κ3) is 2.49. The maximum Gasteiger partial charge on any atom is 0.178 e. The van der Waals surface area contributed by atoms with Crippen LogP contribution in [-0.4, -0.2) is 57.7 Å². The van der Waals surface area contributed by atoms with Crippen LogP contribution < -0.4 is 0 Å². The van der Waals surface area contributed by atoms with Gasteiger partial charge in [-0.15, -0.1) is 0 Å². The van der Waals surface area contributed by atoms with Crippen LogP contribution in [0.25, 0.3) is 0 Å². The number of aliphatic hydroxyl groups is 3. The quantitative estimate of drug-likeness (QED) is 0.479. The first kappa shape index (κ1) is 12.9. The Morgan fingerprint density at radius 1 is 1.24 bits per heavy atom. The Morgan fingerprint density at radius 2 is 1.94 bits per heavy atom. The van der Waals surface area contributed by atoms with Gasteiger partial charge in [-0.3, -0.25) is 4.90 Å². The van der Waals surface area contributed by atoms with Crippen molar-refractivity contribution in [2.24, 2.45) is 0 Å². The van der Waals surface area contributed by atoms with Gasteiger partial charge in [-0.25, -0.2) is 8.78 Å². The van der Waals surface area contributed by atoms with Crippen LogP contribution in [0.15, 0.2) is 11.6 Å². The Hall–Kier alpha value is -0.560. The van der Waals surface area contributed by atoms with E-state index in [1.807, 2.05) is 0 Å². The van der Waals surface area contributed by atoms with Crippen LogP contribution in [0.2, 0.25) is 0 Å². The summed E-state index contributed by atoms with van der Waals surface area (Å²) in [6, 6.07) is -0.250. The molecule has 1 aliphatic heterocycles. The lowest BCUT2D eigenvalue weighted by Gasteiger charge is -2.36. The van der Waals surface area contributed by atoms with Crippen molar-refractivity contribution in [3.63, 3.8) is 0 Å². The highest BCUT2D eigenvalue weighted by Gasteiger charge is 2.39. The van der Waals surface area contributed by atoms with E-state index in [-0.39, 0.29) is 24.5 Å². The molecule has 1 saturated carbocycles. The number of rotatable bonds is 2. The summed E-state index contributed by atoms with van der Waals surface area (Å²) < 4.78 is 26.3. The van der Waals surface area contributed by atoms with Crippen molar-refractivity contribution in [1.29, 1.82) is 0 Å². The Labute approximate surface area is 98.2 Å². The van der Waals surface area contributed by atoms with Crippen molar-refractivity contribution in [3.05, 3.63) is 11.6 Å². The lowest BCUT2D eigenvalue weighted by Crippen LogP contribution is -2.46. The molecule has 0 spiro atoms. The summed E-state index contributed by atoms with van der Waals surface area (Å²) in [5, 5.41) is 27.8. The van der Waals surface area contributed by atoms with Crippen molar-refractivity contribution in [2.75, 3.05) is 6.54 Å². The standard InChI is InChI=1S/C11H17F2NO3/c12-8-2-1-6(5-9(8)13)14-4-3-7(10(14)15)11(16)17/h3,6,8-11,15-17H,1-2,4-5H2. The summed E-state index contributed by atoms with van der Waals surface area (Å²) >= 11 is 0. The first-order valence-electron chi connectivity index (χ1n) is 5.78. The molecule has 2 rings (SSSR count). The van der Waals surface area contributed by atoms with E-state index in [4.69, 9.17) is 10.2 Å². The van der Waals surface area contributed by atoms with E-state index < -0.39 is 24.9 Å². The molecular weight excluding hydrogens is 232 g/mol. The Balaban J connectivity index is 1.97. The normalized spacial score (nSPS) is 39.8. The van der Waals surface area contributed by atoms with Gasteiger partial charge >= 0.3 is 0 Å². The zero-order valence-electron chi connectivity index (χ0n) is 9.34. The number of hydrogen-bond acceptors (Lipinski definition) is 4. The Kier molecular flexibility index (Phi) is 3.77. The minimum absolute atomic E-state index is 0.0425. The molecule has 4 unspecified atom stereocenters. The molecular formula is C11H17F2NO3. The summed E-state index contributed by atoms with van der Waals surface area (Å²) in [4.78, 5) is 1.58. The van der Waals surface area contributed by atoms with Gasteiger partial charge in [0.15, 0.2) is 6.29 Å². The Morgan fingerprint density at radius 3 is 2.47 bits per heavy atom. The predicted octanol–water partition coefficient (Wildman–Crippen LogP) is 0.0862. The molecule has 4 nitrogen and oxygen atoms in total. The number of nitrogens with zero attached hydrogens (tertiary/aromatic N) is 1. The molecule has 98 valence electrons. The van der Waals surface area contributed by atoms with Gasteiger partial charge in [0.2, 0.25) is 0 Å². The fraction of sp³-hybridized carbons (Fsp3) is 0.818. The maximum atomic E-state index is 13.3. The Bertz CT molecular complexity index is 311. The van der Waals surface area contributed by atoms with E-state index in [0.29, 0.717) is 13.0 Å². The van der Waals surface area contributed by atoms with Crippen molar-refractivity contribution >= 4 is 0 Å². The van der Waals surface area contributed by atoms with Crippen LogP contribution in [0.3, 0.4) is 0 Å². The van der Waals surface area contributed by atoms with Crippen molar-refractivity contribution in [2.45, 2.75) is 50.2 Å². The van der Waals surface area contributed by atoms with Crippen LogP contribution in [0.4, 0.5) is 8.78 Å². The van der Waals surface area contributed by atoms with Crippen LogP contribution in [-0.2, 0) is 0 Å². The molecule has 0 amide bonds. The number of hydrogen-bond donors (Lipinski definition) is 3. The highest BCUT2D eigenvalue weighted by molar-refractivity contribution is 5.17. The molecule has 6 heteroatoms. The molecule has 0 bridgehead atoms. The van der Waals surface area contributed by atoms with Crippen LogP contribution in [0.1, 0.15) is 19.3 Å². The lowest BCUT2D eigenvalue weighted by atomic mass is 9.91. The molecule has 1 aliphatic carbocycles. The second-order valence-corrected chi connectivity index (χ2v) is 4.65. The molecule has 0 aromatic rings. The molecule has 4 atom stereocenters.